The van der Waals surface area contributed by atoms with Crippen LogP contribution in [0.5, 0.6) is 0 Å². The van der Waals surface area contributed by atoms with Gasteiger partial charge in [-0.25, -0.2) is 0 Å². The summed E-state index contributed by atoms with van der Waals surface area (Å²) in [6.07, 6.45) is 0. The molecule has 2 aromatic rings. The molecule has 1 aromatic heterocycles. The number of carbonyl (C=O) groups excluding carboxylic acids is 1. The third-order valence-corrected chi connectivity index (χ3v) is 2.63. The zero-order valence-electron chi connectivity index (χ0n) is 11.6. The van der Waals surface area contributed by atoms with E-state index in [2.05, 4.69) is 16.2 Å². The van der Waals surface area contributed by atoms with E-state index >= 15 is 0 Å². The number of hydrazine groups is 1. The van der Waals surface area contributed by atoms with Gasteiger partial charge < -0.3 is 9.73 Å². The standard InChI is InChI=1S/C14H17N3O2S/c1-14(2,3)15-13(20)17-16-12(18)11-8-9-6-4-5-7-10(9)19-11/h4-8H,1-3H3,(H,16,18)(H2,15,17,20). The van der Waals surface area contributed by atoms with Crippen LogP contribution in [0.3, 0.4) is 0 Å². The van der Waals surface area contributed by atoms with Crippen molar-refractivity contribution in [3.63, 3.8) is 0 Å². The lowest BCUT2D eigenvalue weighted by Crippen LogP contribution is -2.52. The molecule has 0 bridgehead atoms. The molecule has 1 amide bonds. The second kappa shape index (κ2) is 5.50. The number of para-hydroxylation sites is 1. The normalized spacial score (nSPS) is 11.2. The van der Waals surface area contributed by atoms with E-state index in [1.807, 2.05) is 45.0 Å². The van der Waals surface area contributed by atoms with Crippen molar-refractivity contribution >= 4 is 34.2 Å². The van der Waals surface area contributed by atoms with Crippen LogP contribution in [0.15, 0.2) is 34.7 Å². The molecule has 0 saturated heterocycles. The Bertz CT molecular complexity index is 610. The molecule has 0 aliphatic heterocycles. The summed E-state index contributed by atoms with van der Waals surface area (Å²) in [5.41, 5.74) is 5.64. The molecule has 6 heteroatoms. The first-order valence-electron chi connectivity index (χ1n) is 6.22. The molecule has 0 radical (unpaired) electrons. The van der Waals surface area contributed by atoms with Gasteiger partial charge in [-0.3, -0.25) is 15.6 Å². The molecule has 0 fully saturated rings. The zero-order valence-corrected chi connectivity index (χ0v) is 12.4. The highest BCUT2D eigenvalue weighted by atomic mass is 32.1. The van der Waals surface area contributed by atoms with Crippen molar-refractivity contribution in [3.05, 3.63) is 36.1 Å². The zero-order chi connectivity index (χ0) is 14.8. The third-order valence-electron chi connectivity index (χ3n) is 2.43. The van der Waals surface area contributed by atoms with E-state index in [9.17, 15) is 4.79 Å². The van der Waals surface area contributed by atoms with Gasteiger partial charge in [-0.2, -0.15) is 0 Å². The number of amides is 1. The van der Waals surface area contributed by atoms with Crippen molar-refractivity contribution in [2.24, 2.45) is 0 Å². The quantitative estimate of drug-likeness (QED) is 0.556. The molecule has 0 aliphatic rings. The van der Waals surface area contributed by atoms with Crippen LogP contribution in [0.25, 0.3) is 11.0 Å². The van der Waals surface area contributed by atoms with E-state index in [0.29, 0.717) is 10.7 Å². The lowest BCUT2D eigenvalue weighted by Gasteiger charge is -2.22. The number of rotatable bonds is 1. The number of thiocarbonyl (C=S) groups is 1. The average molecular weight is 291 g/mol. The molecule has 0 unspecified atom stereocenters. The van der Waals surface area contributed by atoms with Crippen LogP contribution in [0.1, 0.15) is 31.3 Å². The first-order chi connectivity index (χ1) is 9.35. The number of benzene rings is 1. The summed E-state index contributed by atoms with van der Waals surface area (Å²) in [4.78, 5) is 11.9. The number of nitrogens with one attached hydrogen (secondary N) is 3. The molecule has 1 heterocycles. The molecule has 0 atom stereocenters. The van der Waals surface area contributed by atoms with E-state index in [1.165, 1.54) is 0 Å². The Balaban J connectivity index is 1.97. The van der Waals surface area contributed by atoms with Crippen molar-refractivity contribution < 1.29 is 9.21 Å². The van der Waals surface area contributed by atoms with Gasteiger partial charge in [0.2, 0.25) is 0 Å². The summed E-state index contributed by atoms with van der Waals surface area (Å²) in [6.45, 7) is 5.92. The van der Waals surface area contributed by atoms with Crippen LogP contribution in [0, 0.1) is 0 Å². The van der Waals surface area contributed by atoms with Crippen LogP contribution in [0.2, 0.25) is 0 Å². The fourth-order valence-electron chi connectivity index (χ4n) is 1.64. The first-order valence-corrected chi connectivity index (χ1v) is 6.63. The number of furan rings is 1. The Morgan fingerprint density at radius 1 is 1.20 bits per heavy atom. The molecule has 106 valence electrons. The van der Waals surface area contributed by atoms with Gasteiger partial charge in [-0.1, -0.05) is 18.2 Å². The summed E-state index contributed by atoms with van der Waals surface area (Å²) in [6, 6.07) is 9.13. The lowest BCUT2D eigenvalue weighted by molar-refractivity contribution is 0.0917. The molecule has 2 rings (SSSR count). The Hall–Kier alpha value is -2.08. The van der Waals surface area contributed by atoms with Crippen molar-refractivity contribution in [3.8, 4) is 0 Å². The summed E-state index contributed by atoms with van der Waals surface area (Å²) < 4.78 is 5.45. The van der Waals surface area contributed by atoms with E-state index in [4.69, 9.17) is 16.6 Å². The van der Waals surface area contributed by atoms with Gasteiger partial charge in [0.1, 0.15) is 5.58 Å². The summed E-state index contributed by atoms with van der Waals surface area (Å²) >= 11 is 5.07. The highest BCUT2D eigenvalue weighted by Gasteiger charge is 2.14. The molecule has 20 heavy (non-hydrogen) atoms. The minimum atomic E-state index is -0.376. The highest BCUT2D eigenvalue weighted by molar-refractivity contribution is 7.80. The second-order valence-corrected chi connectivity index (χ2v) is 5.84. The SMILES string of the molecule is CC(C)(C)NC(=S)NNC(=O)c1cc2ccccc2o1. The topological polar surface area (TPSA) is 66.3 Å². The molecule has 0 spiro atoms. The predicted octanol–water partition coefficient (Wildman–Crippen LogP) is 2.34. The second-order valence-electron chi connectivity index (χ2n) is 5.43. The fraction of sp³-hybridized carbons (Fsp3) is 0.286. The maximum Gasteiger partial charge on any atom is 0.305 e. The highest BCUT2D eigenvalue weighted by Crippen LogP contribution is 2.18. The number of fused-ring (bicyclic) bond motifs is 1. The molecule has 5 nitrogen and oxygen atoms in total. The molecule has 0 aliphatic carbocycles. The van der Waals surface area contributed by atoms with Crippen LogP contribution < -0.4 is 16.2 Å². The van der Waals surface area contributed by atoms with Gasteiger partial charge in [0, 0.05) is 10.9 Å². The van der Waals surface area contributed by atoms with Crippen LogP contribution in [0.4, 0.5) is 0 Å². The van der Waals surface area contributed by atoms with Crippen molar-refractivity contribution in [1.82, 2.24) is 16.2 Å². The van der Waals surface area contributed by atoms with Gasteiger partial charge in [0.25, 0.3) is 0 Å². The Morgan fingerprint density at radius 2 is 1.90 bits per heavy atom. The minimum Gasteiger partial charge on any atom is -0.451 e. The van der Waals surface area contributed by atoms with E-state index < -0.39 is 0 Å². The van der Waals surface area contributed by atoms with E-state index in [0.717, 1.165) is 5.39 Å². The van der Waals surface area contributed by atoms with Crippen molar-refractivity contribution in [2.45, 2.75) is 26.3 Å². The van der Waals surface area contributed by atoms with Crippen LogP contribution in [-0.4, -0.2) is 16.6 Å². The van der Waals surface area contributed by atoms with E-state index in [-0.39, 0.29) is 17.2 Å². The van der Waals surface area contributed by atoms with E-state index in [1.54, 1.807) is 6.07 Å². The Labute approximate surface area is 122 Å². The Morgan fingerprint density at radius 3 is 2.55 bits per heavy atom. The van der Waals surface area contributed by atoms with Crippen molar-refractivity contribution in [1.29, 1.82) is 0 Å². The van der Waals surface area contributed by atoms with Crippen LogP contribution >= 0.6 is 12.2 Å². The summed E-state index contributed by atoms with van der Waals surface area (Å²) in [5, 5.41) is 4.26. The summed E-state index contributed by atoms with van der Waals surface area (Å²) in [7, 11) is 0. The molecule has 0 saturated carbocycles. The number of hydrogen-bond acceptors (Lipinski definition) is 3. The minimum absolute atomic E-state index is 0.172. The van der Waals surface area contributed by atoms with Gasteiger partial charge in [0.05, 0.1) is 0 Å². The van der Waals surface area contributed by atoms with Gasteiger partial charge >= 0.3 is 5.91 Å². The Kier molecular flexibility index (Phi) is 3.94. The fourth-order valence-corrected chi connectivity index (χ4v) is 2.00. The maximum absolute atomic E-state index is 11.9. The third kappa shape index (κ3) is 3.71. The number of hydrogen-bond donors (Lipinski definition) is 3. The predicted molar refractivity (Wildman–Crippen MR) is 82.3 cm³/mol. The van der Waals surface area contributed by atoms with Gasteiger partial charge in [0.15, 0.2) is 10.9 Å². The molecular formula is C14H17N3O2S. The lowest BCUT2D eigenvalue weighted by atomic mass is 10.1. The van der Waals surface area contributed by atoms with Crippen molar-refractivity contribution in [2.75, 3.05) is 0 Å². The van der Waals surface area contributed by atoms with Crippen LogP contribution in [-0.2, 0) is 0 Å². The number of carbonyl (C=O) groups is 1. The molecular weight excluding hydrogens is 274 g/mol. The summed E-state index contributed by atoms with van der Waals surface area (Å²) in [5.74, 6) is -0.142. The maximum atomic E-state index is 11.9. The van der Waals surface area contributed by atoms with Gasteiger partial charge in [-0.15, -0.1) is 0 Å². The molecule has 1 aromatic carbocycles. The average Bonchev–Trinajstić information content (AvgIpc) is 2.77. The smallest absolute Gasteiger partial charge is 0.305 e. The first kappa shape index (κ1) is 14.3. The van der Waals surface area contributed by atoms with Gasteiger partial charge in [-0.05, 0) is 45.1 Å². The molecule has 3 N–H and O–H groups in total. The largest absolute Gasteiger partial charge is 0.451 e. The monoisotopic (exact) mass is 291 g/mol.